The van der Waals surface area contributed by atoms with Crippen LogP contribution in [0.5, 0.6) is 0 Å². The van der Waals surface area contributed by atoms with Gasteiger partial charge in [0.05, 0.1) is 19.6 Å². The maximum absolute atomic E-state index is 13.1. The molecule has 0 saturated carbocycles. The van der Waals surface area contributed by atoms with Gasteiger partial charge in [0, 0.05) is 54.0 Å². The average Bonchev–Trinajstić information content (AvgIpc) is 3.61. The zero-order valence-electron chi connectivity index (χ0n) is 27.2. The molecule has 0 unspecified atom stereocenters. The minimum Gasteiger partial charge on any atom is -0.409 e. The van der Waals surface area contributed by atoms with Crippen LogP contribution in [0.15, 0.2) is 107 Å². The second-order valence-corrected chi connectivity index (χ2v) is 10.4. The van der Waals surface area contributed by atoms with Gasteiger partial charge >= 0.3 is 0 Å². The molecule has 5 rings (SSSR count). The molecule has 0 bridgehead atoms. The van der Waals surface area contributed by atoms with E-state index in [1.54, 1.807) is 55.6 Å². The van der Waals surface area contributed by atoms with Crippen molar-refractivity contribution < 1.29 is 32.8 Å². The molecule has 0 spiro atoms. The Bertz CT molecular complexity index is 1980. The van der Waals surface area contributed by atoms with E-state index in [0.29, 0.717) is 54.5 Å². The number of aromatic nitrogens is 2. The molecule has 0 radical (unpaired) electrons. The monoisotopic (exact) mass is 698 g/mol. The summed E-state index contributed by atoms with van der Waals surface area (Å²) in [4.78, 5) is 14.2. The second kappa shape index (κ2) is 21.2. The highest BCUT2D eigenvalue weighted by molar-refractivity contribution is 6.63. The van der Waals surface area contributed by atoms with Gasteiger partial charge in [-0.05, 0) is 96.5 Å². The lowest BCUT2D eigenvalue weighted by molar-refractivity contribution is -0.112. The van der Waals surface area contributed by atoms with E-state index >= 15 is 0 Å². The molecule has 0 saturated heterocycles. The largest absolute Gasteiger partial charge is 0.409 e. The van der Waals surface area contributed by atoms with E-state index in [9.17, 15) is 13.6 Å². The molecule has 0 fully saturated rings. The Hall–Kier alpha value is -5.85. The molecule has 0 amide bonds. The number of rotatable bonds is 8. The van der Waals surface area contributed by atoms with Gasteiger partial charge in [0.2, 0.25) is 17.0 Å². The van der Waals surface area contributed by atoms with Gasteiger partial charge in [-0.3, -0.25) is 4.79 Å². The van der Waals surface area contributed by atoms with Gasteiger partial charge in [0.25, 0.3) is 0 Å². The Morgan fingerprint density at radius 2 is 1.34 bits per heavy atom. The highest BCUT2D eigenvalue weighted by Crippen LogP contribution is 2.17. The maximum Gasteiger partial charge on any atom is 0.229 e. The summed E-state index contributed by atoms with van der Waals surface area (Å²) in [7, 11) is 3.15. The predicted molar refractivity (Wildman–Crippen MR) is 186 cm³/mol. The van der Waals surface area contributed by atoms with E-state index in [0.717, 1.165) is 16.7 Å². The van der Waals surface area contributed by atoms with Gasteiger partial charge in [0.1, 0.15) is 11.6 Å². The average molecular weight is 699 g/mol. The van der Waals surface area contributed by atoms with E-state index in [2.05, 4.69) is 43.7 Å². The Labute approximate surface area is 293 Å². The Morgan fingerprint density at radius 3 is 1.80 bits per heavy atom. The number of nitrogens with zero attached hydrogens (tertiary/aromatic N) is 3. The third-order valence-corrected chi connectivity index (χ3v) is 6.46. The van der Waals surface area contributed by atoms with Crippen molar-refractivity contribution in [3.8, 4) is 35.1 Å². The van der Waals surface area contributed by atoms with Crippen LogP contribution in [0.25, 0.3) is 11.4 Å². The smallest absolute Gasteiger partial charge is 0.229 e. The Balaban J connectivity index is 0.000000232. The van der Waals surface area contributed by atoms with Crippen molar-refractivity contribution >= 4 is 22.7 Å². The third-order valence-electron chi connectivity index (χ3n) is 6.27. The quantitative estimate of drug-likeness (QED) is 0.0464. The molecule has 50 heavy (non-hydrogen) atoms. The minimum absolute atomic E-state index is 0.0460. The van der Waals surface area contributed by atoms with Gasteiger partial charge < -0.3 is 24.9 Å². The van der Waals surface area contributed by atoms with Gasteiger partial charge in [-0.1, -0.05) is 46.1 Å². The molecule has 0 aliphatic carbocycles. The lowest BCUT2D eigenvalue weighted by atomic mass is 10.1. The number of oxime groups is 1. The first-order chi connectivity index (χ1) is 24.2. The summed E-state index contributed by atoms with van der Waals surface area (Å²) in [5.74, 6) is 12.2. The van der Waals surface area contributed by atoms with Crippen molar-refractivity contribution in [3.63, 3.8) is 0 Å². The van der Waals surface area contributed by atoms with Gasteiger partial charge in [-0.2, -0.15) is 4.98 Å². The van der Waals surface area contributed by atoms with Gasteiger partial charge in [-0.25, -0.2) is 8.78 Å². The molecule has 1 heterocycles. The predicted octanol–water partition coefficient (Wildman–Crippen LogP) is 6.57. The summed E-state index contributed by atoms with van der Waals surface area (Å²) in [5, 5.41) is 15.1. The number of benzene rings is 4. The summed E-state index contributed by atoms with van der Waals surface area (Å²) in [6.07, 6.45) is 0.888. The van der Waals surface area contributed by atoms with Crippen LogP contribution in [0.1, 0.15) is 40.1 Å². The fourth-order valence-electron chi connectivity index (χ4n) is 3.75. The van der Waals surface area contributed by atoms with E-state index in [-0.39, 0.29) is 22.7 Å². The van der Waals surface area contributed by atoms with Gasteiger partial charge in [0.15, 0.2) is 5.84 Å². The molecule has 0 aliphatic heterocycles. The lowest BCUT2D eigenvalue weighted by Crippen LogP contribution is -2.12. The number of methoxy groups -OCH3 is 2. The standard InChI is InChI=1S/C19H15FN2O2.C15H11FN2O.C4H7ClO2/c1-23-12-11-18-21-19(22-24-18)16-9-7-14(8-10-16)5-6-15-3-2-4-17(20)13-15;16-14-3-1-2-12(10-14)5-4-11-6-8-13(9-7-11)15(17)18-19;1-7-3-2-4(5)6/h2-4,7-10,13H,11-12H2,1H3;1-3,6-10,19H,(H2,17,18);2-3H2,1H3. The molecule has 256 valence electrons. The van der Waals surface area contributed by atoms with Gasteiger partial charge in [-0.15, -0.1) is 0 Å². The maximum atomic E-state index is 13.1. The molecule has 0 aliphatic rings. The van der Waals surface area contributed by atoms with Crippen LogP contribution in [0.4, 0.5) is 8.78 Å². The number of hydrogen-bond donors (Lipinski definition) is 2. The normalized spacial score (nSPS) is 10.2. The zero-order chi connectivity index (χ0) is 36.1. The first kappa shape index (κ1) is 38.6. The summed E-state index contributed by atoms with van der Waals surface area (Å²) < 4.78 is 40.8. The van der Waals surface area contributed by atoms with E-state index < -0.39 is 0 Å². The summed E-state index contributed by atoms with van der Waals surface area (Å²) in [5.41, 5.74) is 9.74. The molecule has 9 nitrogen and oxygen atoms in total. The molecule has 5 aromatic rings. The number of amidine groups is 1. The number of carbonyl (C=O) groups excluding carboxylic acids is 1. The first-order valence-corrected chi connectivity index (χ1v) is 15.3. The fraction of sp³-hybridized carbons (Fsp3) is 0.158. The Morgan fingerprint density at radius 1 is 0.820 bits per heavy atom. The van der Waals surface area contributed by atoms with Crippen molar-refractivity contribution in [1.82, 2.24) is 10.1 Å². The number of ether oxygens (including phenoxy) is 2. The SMILES string of the molecule is COCCC(=O)Cl.COCCc1nc(-c2ccc(C#Cc3cccc(F)c3)cc2)no1.N/C(=N\O)c1ccc(C#Cc2cccc(F)c2)cc1. The molecule has 1 aromatic heterocycles. The van der Waals surface area contributed by atoms with Crippen LogP contribution in [0.2, 0.25) is 0 Å². The number of nitrogens with two attached hydrogens (primary N) is 1. The number of carbonyl (C=O) groups is 1. The third kappa shape index (κ3) is 14.1. The van der Waals surface area contributed by atoms with E-state index in [4.69, 9.17) is 31.8 Å². The number of halogens is 3. The minimum atomic E-state index is -0.346. The first-order valence-electron chi connectivity index (χ1n) is 14.9. The van der Waals surface area contributed by atoms with Crippen molar-refractivity contribution in [2.24, 2.45) is 10.9 Å². The number of hydrogen-bond acceptors (Lipinski definition) is 8. The van der Waals surface area contributed by atoms with Crippen LogP contribution in [-0.4, -0.2) is 53.9 Å². The second-order valence-electron chi connectivity index (χ2n) is 10.0. The van der Waals surface area contributed by atoms with Crippen LogP contribution >= 0.6 is 11.6 Å². The molecule has 4 aromatic carbocycles. The lowest BCUT2D eigenvalue weighted by Gasteiger charge is -1.97. The van der Waals surface area contributed by atoms with Crippen molar-refractivity contribution in [2.45, 2.75) is 12.8 Å². The molecule has 3 N–H and O–H groups in total. The van der Waals surface area contributed by atoms with Crippen molar-refractivity contribution in [3.05, 3.63) is 142 Å². The molecule has 0 atom stereocenters. The summed E-state index contributed by atoms with van der Waals surface area (Å²) in [6, 6.07) is 26.7. The topological polar surface area (TPSA) is 133 Å². The molecular formula is C38H33ClF2N4O5. The van der Waals surface area contributed by atoms with E-state index in [1.807, 2.05) is 24.3 Å². The van der Waals surface area contributed by atoms with Crippen molar-refractivity contribution in [2.75, 3.05) is 27.4 Å². The molecule has 12 heteroatoms. The van der Waals surface area contributed by atoms with Crippen LogP contribution < -0.4 is 5.73 Å². The van der Waals surface area contributed by atoms with E-state index in [1.165, 1.54) is 31.4 Å². The summed E-state index contributed by atoms with van der Waals surface area (Å²) in [6.45, 7) is 0.957. The fourth-order valence-corrected chi connectivity index (χ4v) is 3.83. The highest BCUT2D eigenvalue weighted by Gasteiger charge is 2.08. The molecular weight excluding hydrogens is 666 g/mol. The van der Waals surface area contributed by atoms with Crippen LogP contribution in [0.3, 0.4) is 0 Å². The van der Waals surface area contributed by atoms with Crippen LogP contribution in [0, 0.1) is 35.3 Å². The van der Waals surface area contributed by atoms with Crippen LogP contribution in [-0.2, 0) is 20.7 Å². The highest BCUT2D eigenvalue weighted by atomic mass is 35.5. The Kier molecular flexibility index (Phi) is 16.4. The summed E-state index contributed by atoms with van der Waals surface area (Å²) >= 11 is 4.94. The zero-order valence-corrected chi connectivity index (χ0v) is 28.0. The van der Waals surface area contributed by atoms with Crippen molar-refractivity contribution in [1.29, 1.82) is 0 Å².